The molecule has 0 aliphatic heterocycles. The molecule has 4 rings (SSSR count). The molecule has 2 N–H and O–H groups in total. The second-order valence-electron chi connectivity index (χ2n) is 8.76. The molecule has 2 amide bonds. The summed E-state index contributed by atoms with van der Waals surface area (Å²) in [5.74, 6) is -0.999. The molecule has 8 heteroatoms. The van der Waals surface area contributed by atoms with E-state index in [9.17, 15) is 14.4 Å². The van der Waals surface area contributed by atoms with Gasteiger partial charge >= 0.3 is 0 Å². The van der Waals surface area contributed by atoms with Gasteiger partial charge in [0.25, 0.3) is 17.4 Å². The Labute approximate surface area is 214 Å². The van der Waals surface area contributed by atoms with E-state index >= 15 is 0 Å². The zero-order valence-electron chi connectivity index (χ0n) is 20.8. The fraction of sp³-hybridized carbons (Fsp3) is 0.286. The molecule has 7 nitrogen and oxygen atoms in total. The lowest BCUT2D eigenvalue weighted by atomic mass is 10.1. The summed E-state index contributed by atoms with van der Waals surface area (Å²) < 4.78 is 1.24. The van der Waals surface area contributed by atoms with Crippen molar-refractivity contribution in [3.8, 4) is 0 Å². The Kier molecular flexibility index (Phi) is 7.95. The average molecular weight is 503 g/mol. The Morgan fingerprint density at radius 3 is 2.39 bits per heavy atom. The number of nitrogens with one attached hydrogen (secondary N) is 2. The minimum absolute atomic E-state index is 0.0170. The molecule has 4 aromatic rings. The van der Waals surface area contributed by atoms with Crippen molar-refractivity contribution in [2.75, 3.05) is 10.6 Å². The van der Waals surface area contributed by atoms with Gasteiger partial charge < -0.3 is 10.6 Å². The predicted octanol–water partition coefficient (Wildman–Crippen LogP) is 5.86. The van der Waals surface area contributed by atoms with E-state index in [2.05, 4.69) is 22.5 Å². The molecule has 0 unspecified atom stereocenters. The fourth-order valence-electron chi connectivity index (χ4n) is 3.98. The number of carbonyl (C=O) groups excluding carboxylic acids is 2. The molecule has 0 fully saturated rings. The number of para-hydroxylation sites is 1. The molecule has 0 saturated heterocycles. The highest BCUT2D eigenvalue weighted by molar-refractivity contribution is 7.19. The molecule has 2 aromatic carbocycles. The topological polar surface area (TPSA) is 92.6 Å². The van der Waals surface area contributed by atoms with Gasteiger partial charge in [0, 0.05) is 23.1 Å². The predicted molar refractivity (Wildman–Crippen MR) is 145 cm³/mol. The Hall–Kier alpha value is -3.78. The van der Waals surface area contributed by atoms with Crippen LogP contribution in [0.25, 0.3) is 4.96 Å². The van der Waals surface area contributed by atoms with E-state index in [0.717, 1.165) is 42.6 Å². The van der Waals surface area contributed by atoms with Crippen LogP contribution in [0.2, 0.25) is 0 Å². The lowest BCUT2D eigenvalue weighted by Crippen LogP contribution is -2.25. The third kappa shape index (κ3) is 5.54. The summed E-state index contributed by atoms with van der Waals surface area (Å²) in [7, 11) is 0. The van der Waals surface area contributed by atoms with E-state index in [-0.39, 0.29) is 16.1 Å². The van der Waals surface area contributed by atoms with E-state index in [0.29, 0.717) is 28.5 Å². The lowest BCUT2D eigenvalue weighted by molar-refractivity contribution is 0.0989. The van der Waals surface area contributed by atoms with E-state index in [1.165, 1.54) is 16.0 Å². The van der Waals surface area contributed by atoms with Crippen molar-refractivity contribution in [2.45, 2.75) is 52.9 Å². The minimum Gasteiger partial charge on any atom is -0.321 e. The van der Waals surface area contributed by atoms with Crippen LogP contribution < -0.4 is 16.2 Å². The number of benzene rings is 2. The highest BCUT2D eigenvalue weighted by Crippen LogP contribution is 2.25. The number of anilines is 2. The van der Waals surface area contributed by atoms with Crippen LogP contribution in [0, 0.1) is 6.92 Å². The quantitative estimate of drug-likeness (QED) is 0.300. The molecule has 2 heterocycles. The molecular weight excluding hydrogens is 472 g/mol. The second kappa shape index (κ2) is 11.3. The maximum absolute atomic E-state index is 13.5. The van der Waals surface area contributed by atoms with Crippen LogP contribution in [-0.4, -0.2) is 21.2 Å². The van der Waals surface area contributed by atoms with Crippen LogP contribution >= 0.6 is 11.3 Å². The number of rotatable bonds is 9. The molecule has 0 aliphatic carbocycles. The number of fused-ring (bicyclic) bond motifs is 1. The van der Waals surface area contributed by atoms with Crippen LogP contribution in [0.1, 0.15) is 70.1 Å². The third-order valence-electron chi connectivity index (χ3n) is 5.92. The highest BCUT2D eigenvalue weighted by atomic mass is 32.1. The van der Waals surface area contributed by atoms with Crippen LogP contribution in [0.4, 0.5) is 11.4 Å². The number of thiazole rings is 1. The monoisotopic (exact) mass is 502 g/mol. The zero-order valence-corrected chi connectivity index (χ0v) is 21.6. The first-order chi connectivity index (χ1) is 17.4. The summed E-state index contributed by atoms with van der Waals surface area (Å²) >= 11 is 1.04. The zero-order chi connectivity index (χ0) is 25.7. The highest BCUT2D eigenvalue weighted by Gasteiger charge is 2.26. The lowest BCUT2D eigenvalue weighted by Gasteiger charge is -2.10. The van der Waals surface area contributed by atoms with Gasteiger partial charge in [-0.2, -0.15) is 0 Å². The number of nitrogens with zero attached hydrogens (tertiary/aromatic N) is 2. The molecule has 0 radical (unpaired) electrons. The Balaban J connectivity index is 1.73. The Bertz CT molecular complexity index is 1450. The van der Waals surface area contributed by atoms with Crippen LogP contribution in [0.5, 0.6) is 0 Å². The molecule has 0 aliphatic rings. The van der Waals surface area contributed by atoms with Crippen LogP contribution in [-0.2, 0) is 12.8 Å². The largest absolute Gasteiger partial charge is 0.321 e. The molecule has 2 aromatic heterocycles. The van der Waals surface area contributed by atoms with E-state index < -0.39 is 11.8 Å². The van der Waals surface area contributed by atoms with Gasteiger partial charge in [0.15, 0.2) is 4.96 Å². The number of hydrogen-bond donors (Lipinski definition) is 2. The van der Waals surface area contributed by atoms with Crippen molar-refractivity contribution in [1.29, 1.82) is 0 Å². The maximum atomic E-state index is 13.5. The third-order valence-corrected chi connectivity index (χ3v) is 6.96. The summed E-state index contributed by atoms with van der Waals surface area (Å²) in [6.07, 6.45) is 4.66. The van der Waals surface area contributed by atoms with Gasteiger partial charge in [-0.15, -0.1) is 0 Å². The van der Waals surface area contributed by atoms with E-state index in [4.69, 9.17) is 0 Å². The molecule has 0 spiro atoms. The normalized spacial score (nSPS) is 11.0. The van der Waals surface area contributed by atoms with Crippen molar-refractivity contribution >= 4 is 39.5 Å². The molecule has 0 saturated carbocycles. The number of aryl methyl sites for hydroxylation is 3. The summed E-state index contributed by atoms with van der Waals surface area (Å²) in [5.41, 5.74) is 3.56. The minimum atomic E-state index is -0.537. The average Bonchev–Trinajstić information content (AvgIpc) is 3.26. The first-order valence-corrected chi connectivity index (χ1v) is 13.1. The van der Waals surface area contributed by atoms with Gasteiger partial charge in [0.1, 0.15) is 10.6 Å². The first kappa shape index (κ1) is 25.3. The molecule has 0 bridgehead atoms. The van der Waals surface area contributed by atoms with Crippen LogP contribution in [0.3, 0.4) is 0 Å². The number of unbranched alkanes of at least 4 members (excludes halogenated alkanes) is 1. The molecule has 0 atom stereocenters. The second-order valence-corrected chi connectivity index (χ2v) is 9.73. The smallest absolute Gasteiger partial charge is 0.274 e. The number of carbonyl (C=O) groups is 2. The standard InChI is InChI=1S/C28H30N4O3S/c1-4-6-11-19-13-15-20(16-14-19)29-26(34)24-25(27(35)31-22-12-8-7-10-18(22)3)36-28-30-21(9-5-2)17-23(33)32(24)28/h7-8,10,12-17H,4-6,9,11H2,1-3H3,(H,29,34)(H,31,35). The van der Waals surface area contributed by atoms with Crippen molar-refractivity contribution in [3.05, 3.63) is 92.3 Å². The van der Waals surface area contributed by atoms with Gasteiger partial charge in [0.05, 0.1) is 0 Å². The van der Waals surface area contributed by atoms with Gasteiger partial charge in [-0.25, -0.2) is 9.38 Å². The van der Waals surface area contributed by atoms with Gasteiger partial charge in [0.2, 0.25) is 0 Å². The summed E-state index contributed by atoms with van der Waals surface area (Å²) in [5, 5.41) is 5.74. The summed E-state index contributed by atoms with van der Waals surface area (Å²) in [6, 6.07) is 16.5. The Morgan fingerprint density at radius 1 is 0.944 bits per heavy atom. The van der Waals surface area contributed by atoms with E-state index in [1.807, 2.05) is 56.3 Å². The van der Waals surface area contributed by atoms with Gasteiger partial charge in [-0.05, 0) is 55.5 Å². The molecule has 186 valence electrons. The van der Waals surface area contributed by atoms with Crippen molar-refractivity contribution in [1.82, 2.24) is 9.38 Å². The van der Waals surface area contributed by atoms with Crippen molar-refractivity contribution in [3.63, 3.8) is 0 Å². The molecule has 36 heavy (non-hydrogen) atoms. The van der Waals surface area contributed by atoms with Crippen molar-refractivity contribution in [2.24, 2.45) is 0 Å². The van der Waals surface area contributed by atoms with Gasteiger partial charge in [-0.1, -0.05) is 68.4 Å². The van der Waals surface area contributed by atoms with Gasteiger partial charge in [-0.3, -0.25) is 14.4 Å². The van der Waals surface area contributed by atoms with Crippen molar-refractivity contribution < 1.29 is 9.59 Å². The van der Waals surface area contributed by atoms with E-state index in [1.54, 1.807) is 6.07 Å². The maximum Gasteiger partial charge on any atom is 0.274 e. The van der Waals surface area contributed by atoms with Crippen LogP contribution in [0.15, 0.2) is 59.4 Å². The SMILES string of the molecule is CCCCc1ccc(NC(=O)c2c(C(=O)Nc3ccccc3C)sc3nc(CCC)cc(=O)n23)cc1. The summed E-state index contributed by atoms with van der Waals surface area (Å²) in [4.78, 5) is 44.9. The number of aromatic nitrogens is 2. The number of amides is 2. The fourth-order valence-corrected chi connectivity index (χ4v) is 5.03. The Morgan fingerprint density at radius 2 is 1.69 bits per heavy atom. The summed E-state index contributed by atoms with van der Waals surface area (Å²) in [6.45, 7) is 6.04. The number of hydrogen-bond acceptors (Lipinski definition) is 5. The first-order valence-electron chi connectivity index (χ1n) is 12.2. The molecular formula is C28H30N4O3S.